The smallest absolute Gasteiger partial charge is 0.305 e. The Morgan fingerprint density at radius 1 is 1.86 bits per heavy atom. The molecule has 0 saturated heterocycles. The molecule has 7 heavy (non-hydrogen) atoms. The Morgan fingerprint density at radius 3 is 2.29 bits per heavy atom. The summed E-state index contributed by atoms with van der Waals surface area (Å²) in [6, 6.07) is 0. The number of hydrogen-bond acceptors (Lipinski definition) is 2. The molecular weight excluding hydrogens is 99.0 g/mol. The van der Waals surface area contributed by atoms with E-state index in [2.05, 4.69) is 4.74 Å². The van der Waals surface area contributed by atoms with Crippen LogP contribution in [0.4, 0.5) is 4.39 Å². The van der Waals surface area contributed by atoms with Crippen LogP contribution in [0, 0.1) is 0 Å². The van der Waals surface area contributed by atoms with Gasteiger partial charge in [0.2, 0.25) is 6.36 Å². The highest BCUT2D eigenvalue weighted by atomic mass is 19.1. The van der Waals surface area contributed by atoms with Crippen molar-refractivity contribution in [3.8, 4) is 0 Å². The molecule has 2 nitrogen and oxygen atoms in total. The Labute approximate surface area is 41.3 Å². The molecule has 0 spiro atoms. The standard InChI is InChI=1S/C4H7FO2/c1-3(5)7-4(2)6/h3H,1-2H3. The average molecular weight is 106 g/mol. The summed E-state index contributed by atoms with van der Waals surface area (Å²) in [5, 5.41) is 0. The molecule has 42 valence electrons. The molecule has 0 rings (SSSR count). The highest BCUT2D eigenvalue weighted by Crippen LogP contribution is 1.89. The molecule has 0 heterocycles. The number of alkyl halides is 1. The molecule has 0 N–H and O–H groups in total. The molecule has 0 amide bonds. The van der Waals surface area contributed by atoms with Gasteiger partial charge in [0.25, 0.3) is 0 Å². The summed E-state index contributed by atoms with van der Waals surface area (Å²) in [4.78, 5) is 9.79. The van der Waals surface area contributed by atoms with Crippen LogP contribution in [-0.4, -0.2) is 12.3 Å². The summed E-state index contributed by atoms with van der Waals surface area (Å²) in [6.07, 6.45) is -1.47. The molecule has 0 saturated carbocycles. The van der Waals surface area contributed by atoms with E-state index in [1.54, 1.807) is 0 Å². The van der Waals surface area contributed by atoms with Crippen LogP contribution in [0.25, 0.3) is 0 Å². The Bertz CT molecular complexity index is 70.1. The molecule has 0 radical (unpaired) electrons. The van der Waals surface area contributed by atoms with E-state index in [-0.39, 0.29) is 0 Å². The maximum atomic E-state index is 11.5. The zero-order chi connectivity index (χ0) is 5.86. The van der Waals surface area contributed by atoms with Gasteiger partial charge in [0, 0.05) is 13.8 Å². The maximum Gasteiger partial charge on any atom is 0.305 e. The second-order valence-corrected chi connectivity index (χ2v) is 1.15. The van der Waals surface area contributed by atoms with Gasteiger partial charge in [-0.1, -0.05) is 0 Å². The Balaban J connectivity index is 3.13. The molecule has 3 heteroatoms. The van der Waals surface area contributed by atoms with E-state index >= 15 is 0 Å². The van der Waals surface area contributed by atoms with Crippen LogP contribution < -0.4 is 0 Å². The number of carbonyl (C=O) groups excluding carboxylic acids is 1. The van der Waals surface area contributed by atoms with E-state index in [9.17, 15) is 9.18 Å². The van der Waals surface area contributed by atoms with Gasteiger partial charge in [-0.3, -0.25) is 4.79 Å². The minimum atomic E-state index is -1.47. The summed E-state index contributed by atoms with van der Waals surface area (Å²) in [6.45, 7) is 2.32. The monoisotopic (exact) mass is 106 g/mol. The first-order valence-corrected chi connectivity index (χ1v) is 1.94. The van der Waals surface area contributed by atoms with Gasteiger partial charge in [0.15, 0.2) is 0 Å². The van der Waals surface area contributed by atoms with Crippen molar-refractivity contribution < 1.29 is 13.9 Å². The van der Waals surface area contributed by atoms with Crippen LogP contribution in [-0.2, 0) is 9.53 Å². The van der Waals surface area contributed by atoms with Crippen molar-refractivity contribution in [3.05, 3.63) is 0 Å². The van der Waals surface area contributed by atoms with E-state index in [1.165, 1.54) is 0 Å². The topological polar surface area (TPSA) is 26.3 Å². The SMILES string of the molecule is CC(=O)OC(C)F. The van der Waals surface area contributed by atoms with Crippen molar-refractivity contribution in [2.45, 2.75) is 20.2 Å². The molecule has 0 aromatic carbocycles. The number of halogens is 1. The van der Waals surface area contributed by atoms with Gasteiger partial charge in [-0.05, 0) is 0 Å². The fraction of sp³-hybridized carbons (Fsp3) is 0.750. The zero-order valence-electron chi connectivity index (χ0n) is 4.27. The van der Waals surface area contributed by atoms with Gasteiger partial charge >= 0.3 is 5.97 Å². The van der Waals surface area contributed by atoms with Gasteiger partial charge in [-0.15, -0.1) is 0 Å². The van der Waals surface area contributed by atoms with Gasteiger partial charge in [0.1, 0.15) is 0 Å². The molecule has 1 atom stereocenters. The van der Waals surface area contributed by atoms with Crippen LogP contribution in [0.1, 0.15) is 13.8 Å². The third-order valence-corrected chi connectivity index (χ3v) is 0.328. The first-order chi connectivity index (χ1) is 3.13. The number of rotatable bonds is 1. The van der Waals surface area contributed by atoms with Crippen LogP contribution in [0.15, 0.2) is 0 Å². The first kappa shape index (κ1) is 6.40. The van der Waals surface area contributed by atoms with E-state index < -0.39 is 12.3 Å². The first-order valence-electron chi connectivity index (χ1n) is 1.94. The fourth-order valence-corrected chi connectivity index (χ4v) is 0.229. The van der Waals surface area contributed by atoms with Crippen LogP contribution in [0.3, 0.4) is 0 Å². The quantitative estimate of drug-likeness (QED) is 0.463. The van der Waals surface area contributed by atoms with Crippen molar-refractivity contribution in [2.75, 3.05) is 0 Å². The zero-order valence-corrected chi connectivity index (χ0v) is 4.27. The summed E-state index contributed by atoms with van der Waals surface area (Å²) in [5.41, 5.74) is 0. The van der Waals surface area contributed by atoms with Crippen molar-refractivity contribution in [3.63, 3.8) is 0 Å². The Kier molecular flexibility index (Phi) is 2.33. The normalized spacial score (nSPS) is 13.0. The van der Waals surface area contributed by atoms with Gasteiger partial charge in [-0.25, -0.2) is 4.39 Å². The second-order valence-electron chi connectivity index (χ2n) is 1.15. The molecule has 0 aliphatic carbocycles. The van der Waals surface area contributed by atoms with Gasteiger partial charge < -0.3 is 4.74 Å². The van der Waals surface area contributed by atoms with Crippen molar-refractivity contribution >= 4 is 5.97 Å². The third-order valence-electron chi connectivity index (χ3n) is 0.328. The van der Waals surface area contributed by atoms with Crippen LogP contribution in [0.2, 0.25) is 0 Å². The number of hydrogen-bond donors (Lipinski definition) is 0. The maximum absolute atomic E-state index is 11.5. The minimum Gasteiger partial charge on any atom is -0.432 e. The van der Waals surface area contributed by atoms with E-state index in [0.717, 1.165) is 13.8 Å². The van der Waals surface area contributed by atoms with Crippen molar-refractivity contribution in [1.82, 2.24) is 0 Å². The molecule has 0 aromatic rings. The largest absolute Gasteiger partial charge is 0.432 e. The lowest BCUT2D eigenvalue weighted by atomic mass is 10.7. The predicted molar refractivity (Wildman–Crippen MR) is 22.3 cm³/mol. The number of ether oxygens (including phenoxy) is 1. The molecule has 1 unspecified atom stereocenters. The van der Waals surface area contributed by atoms with Crippen molar-refractivity contribution in [2.24, 2.45) is 0 Å². The lowest BCUT2D eigenvalue weighted by Crippen LogP contribution is -2.04. The lowest BCUT2D eigenvalue weighted by molar-refractivity contribution is -0.153. The lowest BCUT2D eigenvalue weighted by Gasteiger charge is -1.97. The van der Waals surface area contributed by atoms with E-state index in [0.29, 0.717) is 0 Å². The Morgan fingerprint density at radius 2 is 2.29 bits per heavy atom. The molecule has 0 bridgehead atoms. The van der Waals surface area contributed by atoms with Crippen LogP contribution >= 0.6 is 0 Å². The predicted octanol–water partition coefficient (Wildman–Crippen LogP) is 0.865. The number of carbonyl (C=O) groups is 1. The summed E-state index contributed by atoms with van der Waals surface area (Å²) >= 11 is 0. The van der Waals surface area contributed by atoms with Gasteiger partial charge in [-0.2, -0.15) is 0 Å². The third kappa shape index (κ3) is 5.40. The van der Waals surface area contributed by atoms with Gasteiger partial charge in [0.05, 0.1) is 0 Å². The van der Waals surface area contributed by atoms with E-state index in [1.807, 2.05) is 0 Å². The molecule has 0 aliphatic rings. The fourth-order valence-electron chi connectivity index (χ4n) is 0.229. The number of esters is 1. The van der Waals surface area contributed by atoms with E-state index in [4.69, 9.17) is 0 Å². The summed E-state index contributed by atoms with van der Waals surface area (Å²) in [5.74, 6) is -0.588. The second kappa shape index (κ2) is 2.55. The summed E-state index contributed by atoms with van der Waals surface area (Å²) < 4.78 is 15.5. The average Bonchev–Trinajstić information content (AvgIpc) is 1.27. The highest BCUT2D eigenvalue weighted by Gasteiger charge is 1.97. The minimum absolute atomic E-state index is 0.588. The highest BCUT2D eigenvalue weighted by molar-refractivity contribution is 5.65. The molecular formula is C4H7FO2. The van der Waals surface area contributed by atoms with Crippen molar-refractivity contribution in [1.29, 1.82) is 0 Å². The molecule has 0 aliphatic heterocycles. The molecule has 0 fully saturated rings. The summed E-state index contributed by atoms with van der Waals surface area (Å²) in [7, 11) is 0. The van der Waals surface area contributed by atoms with Crippen LogP contribution in [0.5, 0.6) is 0 Å². The Hall–Kier alpha value is -0.600. The molecule has 0 aromatic heterocycles.